The van der Waals surface area contributed by atoms with Crippen molar-refractivity contribution >= 4 is 23.4 Å². The summed E-state index contributed by atoms with van der Waals surface area (Å²) >= 11 is 6.08. The molecule has 24 heavy (non-hydrogen) atoms. The normalized spacial score (nSPS) is 30.2. The van der Waals surface area contributed by atoms with Crippen LogP contribution in [0.25, 0.3) is 0 Å². The highest BCUT2D eigenvalue weighted by Gasteiger charge is 2.50. The van der Waals surface area contributed by atoms with E-state index in [1.54, 1.807) is 0 Å². The van der Waals surface area contributed by atoms with Crippen LogP contribution in [0.5, 0.6) is 0 Å². The minimum Gasteiger partial charge on any atom is -0.274 e. The van der Waals surface area contributed by atoms with Crippen molar-refractivity contribution in [3.05, 3.63) is 33.5 Å². The molecule has 0 spiro atoms. The summed E-state index contributed by atoms with van der Waals surface area (Å²) in [7, 11) is 0. The van der Waals surface area contributed by atoms with E-state index in [1.807, 2.05) is 6.08 Å². The van der Waals surface area contributed by atoms with E-state index in [1.165, 1.54) is 16.9 Å². The number of fused-ring (bicyclic) bond motifs is 1. The number of hydrogen-bond acceptors (Lipinski definition) is 3. The molecule has 4 nitrogen and oxygen atoms in total. The molecular formula is C19H19ClN2O2. The fraction of sp³-hybridized carbons (Fsp3) is 0.526. The number of nitrogens with zero attached hydrogens (tertiary/aromatic N) is 2. The SMILES string of the molecule is N#CC1=C(N2C(=O)[C@H]3CC(Cl)=CC[C@H]3C2=O)CC2=C1CCCCC2. The van der Waals surface area contributed by atoms with Crippen molar-refractivity contribution in [1.82, 2.24) is 4.90 Å². The van der Waals surface area contributed by atoms with Crippen LogP contribution in [0.4, 0.5) is 0 Å². The summed E-state index contributed by atoms with van der Waals surface area (Å²) in [5, 5.41) is 10.3. The van der Waals surface area contributed by atoms with Gasteiger partial charge in [0.1, 0.15) is 6.07 Å². The number of carbonyl (C=O) groups excluding carboxylic acids is 2. The zero-order chi connectivity index (χ0) is 16.8. The van der Waals surface area contributed by atoms with Crippen molar-refractivity contribution in [3.8, 4) is 6.07 Å². The highest BCUT2D eigenvalue weighted by molar-refractivity contribution is 6.30. The summed E-state index contributed by atoms with van der Waals surface area (Å²) in [6.45, 7) is 0. The largest absolute Gasteiger partial charge is 0.274 e. The second-order valence-corrected chi connectivity index (χ2v) is 7.55. The van der Waals surface area contributed by atoms with Crippen LogP contribution >= 0.6 is 11.6 Å². The molecule has 2 atom stereocenters. The third-order valence-electron chi connectivity index (χ3n) is 5.75. The summed E-state index contributed by atoms with van der Waals surface area (Å²) in [5.74, 6) is -0.988. The van der Waals surface area contributed by atoms with E-state index in [9.17, 15) is 14.9 Å². The number of allylic oxidation sites excluding steroid dienone is 5. The van der Waals surface area contributed by atoms with Gasteiger partial charge in [-0.3, -0.25) is 14.5 Å². The molecule has 1 heterocycles. The molecule has 4 rings (SSSR count). The first-order chi connectivity index (χ1) is 11.6. The number of carbonyl (C=O) groups is 2. The van der Waals surface area contributed by atoms with Crippen LogP contribution < -0.4 is 0 Å². The number of hydrogen-bond donors (Lipinski definition) is 0. The molecule has 0 radical (unpaired) electrons. The molecule has 0 aromatic heterocycles. The predicted octanol–water partition coefficient (Wildman–Crippen LogP) is 3.95. The topological polar surface area (TPSA) is 61.2 Å². The maximum absolute atomic E-state index is 12.9. The van der Waals surface area contributed by atoms with E-state index >= 15 is 0 Å². The number of likely N-dealkylation sites (tertiary alicyclic amines) is 1. The lowest BCUT2D eigenvalue weighted by atomic mass is 9.85. The molecule has 5 heteroatoms. The molecule has 0 aromatic rings. The second kappa shape index (κ2) is 5.89. The van der Waals surface area contributed by atoms with Gasteiger partial charge in [-0.25, -0.2) is 0 Å². The van der Waals surface area contributed by atoms with Gasteiger partial charge >= 0.3 is 0 Å². The fourth-order valence-electron chi connectivity index (χ4n) is 4.52. The monoisotopic (exact) mass is 342 g/mol. The Balaban J connectivity index is 1.70. The maximum Gasteiger partial charge on any atom is 0.237 e. The van der Waals surface area contributed by atoms with Gasteiger partial charge in [0.15, 0.2) is 0 Å². The van der Waals surface area contributed by atoms with Gasteiger partial charge in [-0.05, 0) is 44.1 Å². The Morgan fingerprint density at radius 2 is 1.88 bits per heavy atom. The van der Waals surface area contributed by atoms with Crippen LogP contribution in [0, 0.1) is 23.2 Å². The van der Waals surface area contributed by atoms with Crippen LogP contribution in [-0.4, -0.2) is 16.7 Å². The highest BCUT2D eigenvalue weighted by atomic mass is 35.5. The van der Waals surface area contributed by atoms with E-state index in [0.29, 0.717) is 35.6 Å². The Morgan fingerprint density at radius 3 is 2.67 bits per heavy atom. The first-order valence-corrected chi connectivity index (χ1v) is 9.06. The van der Waals surface area contributed by atoms with Crippen molar-refractivity contribution in [1.29, 1.82) is 5.26 Å². The summed E-state index contributed by atoms with van der Waals surface area (Å²) < 4.78 is 0. The van der Waals surface area contributed by atoms with Crippen molar-refractivity contribution in [2.45, 2.75) is 51.4 Å². The number of imide groups is 1. The van der Waals surface area contributed by atoms with Gasteiger partial charge in [0.05, 0.1) is 23.1 Å². The lowest BCUT2D eigenvalue weighted by molar-refractivity contribution is -0.137. The summed E-state index contributed by atoms with van der Waals surface area (Å²) in [6, 6.07) is 2.29. The third-order valence-corrected chi connectivity index (χ3v) is 6.06. The number of rotatable bonds is 1. The smallest absolute Gasteiger partial charge is 0.237 e. The number of amides is 2. The van der Waals surface area contributed by atoms with Crippen molar-refractivity contribution in [2.75, 3.05) is 0 Å². The highest BCUT2D eigenvalue weighted by Crippen LogP contribution is 2.46. The first kappa shape index (κ1) is 15.7. The summed E-state index contributed by atoms with van der Waals surface area (Å²) in [6.07, 6.45) is 8.62. The van der Waals surface area contributed by atoms with Gasteiger partial charge in [0.25, 0.3) is 0 Å². The molecule has 0 bridgehead atoms. The molecule has 3 aliphatic carbocycles. The molecule has 124 valence electrons. The van der Waals surface area contributed by atoms with Crippen LogP contribution in [0.2, 0.25) is 0 Å². The molecule has 0 saturated carbocycles. The lowest BCUT2D eigenvalue weighted by Gasteiger charge is -2.18. The minimum atomic E-state index is -0.358. The molecule has 2 amide bonds. The average molecular weight is 343 g/mol. The second-order valence-electron chi connectivity index (χ2n) is 7.07. The number of nitriles is 1. The van der Waals surface area contributed by atoms with Gasteiger partial charge in [-0.1, -0.05) is 29.7 Å². The minimum absolute atomic E-state index is 0.147. The zero-order valence-electron chi connectivity index (χ0n) is 13.5. The molecule has 4 aliphatic rings. The van der Waals surface area contributed by atoms with E-state index < -0.39 is 0 Å². The Labute approximate surface area is 146 Å². The Kier molecular flexibility index (Phi) is 3.85. The third kappa shape index (κ3) is 2.26. The molecular weight excluding hydrogens is 324 g/mol. The average Bonchev–Trinajstić information content (AvgIpc) is 2.90. The van der Waals surface area contributed by atoms with E-state index in [2.05, 4.69) is 6.07 Å². The van der Waals surface area contributed by atoms with Gasteiger partial charge in [0, 0.05) is 11.5 Å². The molecule has 1 aliphatic heterocycles. The Bertz CT molecular complexity index is 769. The van der Waals surface area contributed by atoms with Gasteiger partial charge in [-0.15, -0.1) is 0 Å². The van der Waals surface area contributed by atoms with Crippen molar-refractivity contribution in [2.24, 2.45) is 11.8 Å². The zero-order valence-corrected chi connectivity index (χ0v) is 14.2. The lowest BCUT2D eigenvalue weighted by Crippen LogP contribution is -2.30. The van der Waals surface area contributed by atoms with Crippen LogP contribution in [-0.2, 0) is 9.59 Å². The fourth-order valence-corrected chi connectivity index (χ4v) is 4.78. The Morgan fingerprint density at radius 1 is 1.12 bits per heavy atom. The molecule has 0 N–H and O–H groups in total. The van der Waals surface area contributed by atoms with Gasteiger partial charge in [-0.2, -0.15) is 5.26 Å². The first-order valence-electron chi connectivity index (χ1n) is 8.68. The van der Waals surface area contributed by atoms with E-state index in [4.69, 9.17) is 11.6 Å². The van der Waals surface area contributed by atoms with Crippen LogP contribution in [0.1, 0.15) is 51.4 Å². The molecule has 1 saturated heterocycles. The maximum atomic E-state index is 12.9. The van der Waals surface area contributed by atoms with E-state index in [0.717, 1.165) is 31.3 Å². The van der Waals surface area contributed by atoms with Gasteiger partial charge in [0.2, 0.25) is 11.8 Å². The standard InChI is InChI=1S/C19H19ClN2O2/c20-12-6-7-14-15(9-12)19(24)22(18(14)23)17-8-11-4-2-1-3-5-13(11)16(17)10-21/h6,14-15H,1-5,7-9H2/t14-,15+/m1/s1. The molecule has 1 fully saturated rings. The Hall–Kier alpha value is -1.86. The predicted molar refractivity (Wildman–Crippen MR) is 89.4 cm³/mol. The summed E-state index contributed by atoms with van der Waals surface area (Å²) in [4.78, 5) is 27.0. The summed E-state index contributed by atoms with van der Waals surface area (Å²) in [5.41, 5.74) is 3.55. The van der Waals surface area contributed by atoms with Crippen LogP contribution in [0.3, 0.4) is 0 Å². The van der Waals surface area contributed by atoms with Gasteiger partial charge < -0.3 is 0 Å². The van der Waals surface area contributed by atoms with Crippen molar-refractivity contribution in [3.63, 3.8) is 0 Å². The van der Waals surface area contributed by atoms with E-state index in [-0.39, 0.29) is 23.7 Å². The van der Waals surface area contributed by atoms with Crippen LogP contribution in [0.15, 0.2) is 33.5 Å². The molecule has 0 unspecified atom stereocenters. The van der Waals surface area contributed by atoms with Crippen molar-refractivity contribution < 1.29 is 9.59 Å². The molecule has 0 aromatic carbocycles. The quantitative estimate of drug-likeness (QED) is 0.678. The number of halogens is 1.